The van der Waals surface area contributed by atoms with Crippen molar-refractivity contribution in [1.82, 2.24) is 0 Å². The highest BCUT2D eigenvalue weighted by Gasteiger charge is 2.33. The van der Waals surface area contributed by atoms with Crippen LogP contribution in [0.3, 0.4) is 0 Å². The standard InChI is InChI=1S/C15H9BrO3/c1-19-15-12(16)13(17)10-7-6-8-4-2-3-5-9(8)11(10)14(15)18/h2-7H,1H3. The molecule has 0 heterocycles. The second-order valence-corrected chi connectivity index (χ2v) is 5.01. The van der Waals surface area contributed by atoms with Gasteiger partial charge in [0.1, 0.15) is 4.48 Å². The number of rotatable bonds is 1. The number of ether oxygens (including phenoxy) is 1. The van der Waals surface area contributed by atoms with Gasteiger partial charge in [0, 0.05) is 11.1 Å². The number of ketones is 2. The van der Waals surface area contributed by atoms with Gasteiger partial charge >= 0.3 is 0 Å². The molecule has 19 heavy (non-hydrogen) atoms. The van der Waals surface area contributed by atoms with E-state index in [1.165, 1.54) is 7.11 Å². The summed E-state index contributed by atoms with van der Waals surface area (Å²) in [4.78, 5) is 24.7. The molecule has 94 valence electrons. The molecule has 0 spiro atoms. The number of halogens is 1. The van der Waals surface area contributed by atoms with Crippen molar-refractivity contribution in [2.24, 2.45) is 0 Å². The first kappa shape index (κ1) is 12.1. The van der Waals surface area contributed by atoms with E-state index in [1.807, 2.05) is 30.3 Å². The Morgan fingerprint density at radius 2 is 1.74 bits per heavy atom. The van der Waals surface area contributed by atoms with E-state index in [9.17, 15) is 9.59 Å². The van der Waals surface area contributed by atoms with Crippen LogP contribution in [0, 0.1) is 0 Å². The second kappa shape index (κ2) is 4.31. The number of carbonyl (C=O) groups excluding carboxylic acids is 2. The van der Waals surface area contributed by atoms with Gasteiger partial charge in [-0.3, -0.25) is 9.59 Å². The van der Waals surface area contributed by atoms with Gasteiger partial charge in [0.05, 0.1) is 7.11 Å². The summed E-state index contributed by atoms with van der Waals surface area (Å²) >= 11 is 3.14. The molecular weight excluding hydrogens is 308 g/mol. The minimum Gasteiger partial charge on any atom is -0.491 e. The van der Waals surface area contributed by atoms with Gasteiger partial charge in [-0.2, -0.15) is 0 Å². The van der Waals surface area contributed by atoms with Gasteiger partial charge in [0.15, 0.2) is 5.76 Å². The number of hydrogen-bond donors (Lipinski definition) is 0. The summed E-state index contributed by atoms with van der Waals surface area (Å²) in [6.07, 6.45) is 0. The number of methoxy groups -OCH3 is 1. The second-order valence-electron chi connectivity index (χ2n) is 4.21. The van der Waals surface area contributed by atoms with Crippen LogP contribution in [0.15, 0.2) is 46.6 Å². The Morgan fingerprint density at radius 3 is 2.47 bits per heavy atom. The molecule has 0 N–H and O–H groups in total. The minimum atomic E-state index is -0.263. The lowest BCUT2D eigenvalue weighted by atomic mass is 9.89. The SMILES string of the molecule is COC1=C(Br)C(=O)c2ccc3ccccc3c2C1=O. The van der Waals surface area contributed by atoms with E-state index in [0.29, 0.717) is 11.1 Å². The highest BCUT2D eigenvalue weighted by atomic mass is 79.9. The van der Waals surface area contributed by atoms with Gasteiger partial charge in [-0.15, -0.1) is 0 Å². The molecule has 0 saturated heterocycles. The predicted octanol–water partition coefficient (Wildman–Crippen LogP) is 3.47. The molecule has 0 bridgehead atoms. The number of allylic oxidation sites excluding steroid dienone is 2. The third kappa shape index (κ3) is 1.64. The zero-order chi connectivity index (χ0) is 13.6. The highest BCUT2D eigenvalue weighted by Crippen LogP contribution is 2.34. The molecule has 0 radical (unpaired) electrons. The van der Waals surface area contributed by atoms with Crippen LogP contribution in [0.5, 0.6) is 0 Å². The number of hydrogen-bond acceptors (Lipinski definition) is 3. The number of benzene rings is 2. The summed E-state index contributed by atoms with van der Waals surface area (Å²) in [5, 5.41) is 1.70. The van der Waals surface area contributed by atoms with Crippen molar-refractivity contribution in [3.05, 3.63) is 57.8 Å². The Balaban J connectivity index is 2.41. The van der Waals surface area contributed by atoms with Crippen LogP contribution in [0.1, 0.15) is 20.7 Å². The Bertz CT molecular complexity index is 759. The van der Waals surface area contributed by atoms with Crippen molar-refractivity contribution < 1.29 is 14.3 Å². The normalized spacial score (nSPS) is 14.8. The first-order valence-corrected chi connectivity index (χ1v) is 6.49. The maximum atomic E-state index is 12.5. The van der Waals surface area contributed by atoms with Crippen LogP contribution in [0.25, 0.3) is 10.8 Å². The molecule has 0 aliphatic heterocycles. The van der Waals surface area contributed by atoms with Crippen LogP contribution in [0.4, 0.5) is 0 Å². The maximum absolute atomic E-state index is 12.5. The molecule has 0 atom stereocenters. The summed E-state index contributed by atoms with van der Waals surface area (Å²) in [6.45, 7) is 0. The first-order chi connectivity index (χ1) is 9.15. The third-order valence-electron chi connectivity index (χ3n) is 3.21. The van der Waals surface area contributed by atoms with E-state index in [2.05, 4.69) is 15.9 Å². The maximum Gasteiger partial charge on any atom is 0.230 e. The molecule has 1 aliphatic carbocycles. The number of fused-ring (bicyclic) bond motifs is 3. The van der Waals surface area contributed by atoms with E-state index in [-0.39, 0.29) is 21.8 Å². The van der Waals surface area contributed by atoms with Crippen LogP contribution in [-0.2, 0) is 4.74 Å². The van der Waals surface area contributed by atoms with Crippen LogP contribution in [0.2, 0.25) is 0 Å². The van der Waals surface area contributed by atoms with Gasteiger partial charge in [-0.1, -0.05) is 30.3 Å². The Hall–Kier alpha value is -1.94. The lowest BCUT2D eigenvalue weighted by Gasteiger charge is -2.18. The van der Waals surface area contributed by atoms with Crippen LogP contribution in [-0.4, -0.2) is 18.7 Å². The van der Waals surface area contributed by atoms with Gasteiger partial charge in [0.2, 0.25) is 11.6 Å². The fourth-order valence-electron chi connectivity index (χ4n) is 2.32. The molecule has 0 amide bonds. The van der Waals surface area contributed by atoms with E-state index >= 15 is 0 Å². The monoisotopic (exact) mass is 316 g/mol. The van der Waals surface area contributed by atoms with Gasteiger partial charge < -0.3 is 4.74 Å². The van der Waals surface area contributed by atoms with Crippen LogP contribution >= 0.6 is 15.9 Å². The van der Waals surface area contributed by atoms with Crippen molar-refractivity contribution in [3.8, 4) is 0 Å². The average Bonchev–Trinajstić information content (AvgIpc) is 2.44. The van der Waals surface area contributed by atoms with E-state index < -0.39 is 0 Å². The predicted molar refractivity (Wildman–Crippen MR) is 75.6 cm³/mol. The Labute approximate surface area is 118 Å². The summed E-state index contributed by atoms with van der Waals surface area (Å²) in [5.41, 5.74) is 0.833. The third-order valence-corrected chi connectivity index (χ3v) is 3.93. The van der Waals surface area contributed by atoms with Crippen LogP contribution < -0.4 is 0 Å². The molecule has 3 rings (SSSR count). The fraction of sp³-hybridized carbons (Fsp3) is 0.0667. The first-order valence-electron chi connectivity index (χ1n) is 5.70. The Kier molecular flexibility index (Phi) is 2.75. The number of Topliss-reactive ketones (excluding diaryl/α,β-unsaturated/α-hetero) is 2. The summed E-state index contributed by atoms with van der Waals surface area (Å²) < 4.78 is 5.24. The summed E-state index contributed by atoms with van der Waals surface area (Å²) in [5.74, 6) is -0.424. The van der Waals surface area contributed by atoms with Gasteiger partial charge in [-0.05, 0) is 32.8 Å². The van der Waals surface area contributed by atoms with Crippen molar-refractivity contribution in [2.45, 2.75) is 0 Å². The fourth-order valence-corrected chi connectivity index (χ4v) is 2.88. The minimum absolute atomic E-state index is 0.0638. The van der Waals surface area contributed by atoms with E-state index in [0.717, 1.165) is 10.8 Å². The topological polar surface area (TPSA) is 43.4 Å². The average molecular weight is 317 g/mol. The highest BCUT2D eigenvalue weighted by molar-refractivity contribution is 9.12. The smallest absolute Gasteiger partial charge is 0.230 e. The lowest BCUT2D eigenvalue weighted by Crippen LogP contribution is -2.21. The molecule has 0 saturated carbocycles. The van der Waals surface area contributed by atoms with Gasteiger partial charge in [0.25, 0.3) is 0 Å². The summed E-state index contributed by atoms with van der Waals surface area (Å²) in [7, 11) is 1.39. The van der Waals surface area contributed by atoms with Crippen molar-refractivity contribution in [1.29, 1.82) is 0 Å². The van der Waals surface area contributed by atoms with E-state index in [4.69, 9.17) is 4.74 Å². The zero-order valence-electron chi connectivity index (χ0n) is 10.1. The lowest BCUT2D eigenvalue weighted by molar-refractivity contribution is 0.0916. The Morgan fingerprint density at radius 1 is 1.00 bits per heavy atom. The van der Waals surface area contributed by atoms with E-state index in [1.54, 1.807) is 6.07 Å². The molecule has 1 aliphatic rings. The molecule has 0 fully saturated rings. The summed E-state index contributed by atoms with van der Waals surface area (Å²) in [6, 6.07) is 11.0. The molecular formula is C15H9BrO3. The number of carbonyl (C=O) groups is 2. The van der Waals surface area contributed by atoms with Crippen molar-refractivity contribution >= 4 is 38.3 Å². The van der Waals surface area contributed by atoms with Crippen molar-refractivity contribution in [2.75, 3.05) is 7.11 Å². The largest absolute Gasteiger partial charge is 0.491 e. The molecule has 0 unspecified atom stereocenters. The molecule has 0 aromatic heterocycles. The van der Waals surface area contributed by atoms with Gasteiger partial charge in [-0.25, -0.2) is 0 Å². The quantitative estimate of drug-likeness (QED) is 0.809. The molecule has 4 heteroatoms. The zero-order valence-corrected chi connectivity index (χ0v) is 11.7. The molecule has 3 nitrogen and oxygen atoms in total. The van der Waals surface area contributed by atoms with Crippen molar-refractivity contribution in [3.63, 3.8) is 0 Å². The molecule has 2 aromatic carbocycles. The molecule has 2 aromatic rings.